The summed E-state index contributed by atoms with van der Waals surface area (Å²) in [4.78, 5) is 0. The van der Waals surface area contributed by atoms with Gasteiger partial charge in [0.05, 0.1) is 0 Å². The lowest BCUT2D eigenvalue weighted by Gasteiger charge is -2.40. The standard InChI is InChI=1S/C14H18ClNO/c1-16-12-9-14(6-2-3-7-14)17-13-5-4-10(15)8-11(12)13/h4-5,8,12,16H,2-3,6-7,9H2,1H3. The first-order chi connectivity index (χ1) is 8.22. The fourth-order valence-electron chi connectivity index (χ4n) is 3.22. The molecule has 1 heterocycles. The molecule has 0 amide bonds. The monoisotopic (exact) mass is 251 g/mol. The molecule has 0 aromatic heterocycles. The first-order valence-corrected chi connectivity index (χ1v) is 6.76. The van der Waals surface area contributed by atoms with Gasteiger partial charge in [0, 0.05) is 23.0 Å². The summed E-state index contributed by atoms with van der Waals surface area (Å²) in [5.41, 5.74) is 1.28. The van der Waals surface area contributed by atoms with Crippen molar-refractivity contribution in [2.24, 2.45) is 0 Å². The topological polar surface area (TPSA) is 21.3 Å². The van der Waals surface area contributed by atoms with Crippen molar-refractivity contribution in [3.05, 3.63) is 28.8 Å². The minimum atomic E-state index is 0.0779. The van der Waals surface area contributed by atoms with Crippen LogP contribution in [0.1, 0.15) is 43.7 Å². The molecule has 17 heavy (non-hydrogen) atoms. The third-order valence-electron chi connectivity index (χ3n) is 4.11. The van der Waals surface area contributed by atoms with Crippen LogP contribution < -0.4 is 10.1 Å². The zero-order valence-corrected chi connectivity index (χ0v) is 10.9. The summed E-state index contributed by atoms with van der Waals surface area (Å²) >= 11 is 6.07. The van der Waals surface area contributed by atoms with Gasteiger partial charge in [0.25, 0.3) is 0 Å². The number of nitrogens with one attached hydrogen (secondary N) is 1. The van der Waals surface area contributed by atoms with Crippen molar-refractivity contribution >= 4 is 11.6 Å². The van der Waals surface area contributed by atoms with E-state index in [1.165, 1.54) is 31.2 Å². The number of benzene rings is 1. The Bertz CT molecular complexity index is 426. The lowest BCUT2D eigenvalue weighted by molar-refractivity contribution is 0.0380. The van der Waals surface area contributed by atoms with E-state index in [0.717, 1.165) is 17.2 Å². The quantitative estimate of drug-likeness (QED) is 0.822. The Labute approximate surface area is 107 Å². The molecular formula is C14H18ClNO. The Morgan fingerprint density at radius 2 is 2.12 bits per heavy atom. The van der Waals surface area contributed by atoms with Crippen LogP contribution in [0.5, 0.6) is 5.75 Å². The van der Waals surface area contributed by atoms with E-state index in [1.807, 2.05) is 25.2 Å². The second-order valence-corrected chi connectivity index (χ2v) is 5.66. The summed E-state index contributed by atoms with van der Waals surface area (Å²) in [7, 11) is 2.02. The molecule has 1 fully saturated rings. The zero-order chi connectivity index (χ0) is 11.9. The molecule has 1 aliphatic heterocycles. The van der Waals surface area contributed by atoms with Gasteiger partial charge in [-0.05, 0) is 50.9 Å². The molecule has 1 aliphatic carbocycles. The normalized spacial score (nSPS) is 25.6. The Hall–Kier alpha value is -0.730. The van der Waals surface area contributed by atoms with Crippen LogP contribution in [0.4, 0.5) is 0 Å². The van der Waals surface area contributed by atoms with Crippen molar-refractivity contribution in [3.63, 3.8) is 0 Å². The van der Waals surface area contributed by atoms with E-state index in [4.69, 9.17) is 16.3 Å². The predicted molar refractivity (Wildman–Crippen MR) is 69.7 cm³/mol. The van der Waals surface area contributed by atoms with Crippen LogP contribution in [0.3, 0.4) is 0 Å². The number of hydrogen-bond donors (Lipinski definition) is 1. The molecule has 2 aliphatic rings. The summed E-state index contributed by atoms with van der Waals surface area (Å²) in [6.45, 7) is 0. The van der Waals surface area contributed by atoms with Crippen LogP contribution in [-0.4, -0.2) is 12.6 Å². The number of halogens is 1. The van der Waals surface area contributed by atoms with E-state index < -0.39 is 0 Å². The second kappa shape index (κ2) is 4.18. The average Bonchev–Trinajstić information content (AvgIpc) is 2.77. The van der Waals surface area contributed by atoms with Gasteiger partial charge < -0.3 is 10.1 Å². The minimum absolute atomic E-state index is 0.0779. The molecular weight excluding hydrogens is 234 g/mol. The Balaban J connectivity index is 2.00. The molecule has 1 spiro atoms. The maximum absolute atomic E-state index is 6.27. The molecule has 3 rings (SSSR count). The van der Waals surface area contributed by atoms with Crippen molar-refractivity contribution in [1.82, 2.24) is 5.32 Å². The van der Waals surface area contributed by atoms with Gasteiger partial charge in [-0.3, -0.25) is 0 Å². The molecule has 3 heteroatoms. The highest BCUT2D eigenvalue weighted by Gasteiger charge is 2.42. The van der Waals surface area contributed by atoms with E-state index in [-0.39, 0.29) is 5.60 Å². The summed E-state index contributed by atoms with van der Waals surface area (Å²) in [5, 5.41) is 4.19. The van der Waals surface area contributed by atoms with Gasteiger partial charge in [-0.25, -0.2) is 0 Å². The summed E-state index contributed by atoms with van der Waals surface area (Å²) < 4.78 is 6.27. The SMILES string of the molecule is CNC1CC2(CCCC2)Oc2ccc(Cl)cc21. The number of fused-ring (bicyclic) bond motifs is 1. The maximum Gasteiger partial charge on any atom is 0.125 e. The van der Waals surface area contributed by atoms with Crippen molar-refractivity contribution < 1.29 is 4.74 Å². The van der Waals surface area contributed by atoms with Crippen LogP contribution in [0.15, 0.2) is 18.2 Å². The third-order valence-corrected chi connectivity index (χ3v) is 4.35. The van der Waals surface area contributed by atoms with Gasteiger partial charge in [0.2, 0.25) is 0 Å². The zero-order valence-electron chi connectivity index (χ0n) is 10.1. The average molecular weight is 252 g/mol. The van der Waals surface area contributed by atoms with E-state index in [1.54, 1.807) is 0 Å². The smallest absolute Gasteiger partial charge is 0.125 e. The lowest BCUT2D eigenvalue weighted by atomic mass is 9.86. The Morgan fingerprint density at radius 1 is 1.35 bits per heavy atom. The Morgan fingerprint density at radius 3 is 2.82 bits per heavy atom. The van der Waals surface area contributed by atoms with Gasteiger partial charge >= 0.3 is 0 Å². The molecule has 1 unspecified atom stereocenters. The second-order valence-electron chi connectivity index (χ2n) is 5.22. The van der Waals surface area contributed by atoms with Crippen molar-refractivity contribution in [3.8, 4) is 5.75 Å². The van der Waals surface area contributed by atoms with Gasteiger partial charge in [0.1, 0.15) is 11.4 Å². The van der Waals surface area contributed by atoms with Gasteiger partial charge in [-0.15, -0.1) is 0 Å². The van der Waals surface area contributed by atoms with Crippen LogP contribution >= 0.6 is 11.6 Å². The number of rotatable bonds is 1. The highest BCUT2D eigenvalue weighted by atomic mass is 35.5. The number of hydrogen-bond acceptors (Lipinski definition) is 2. The van der Waals surface area contributed by atoms with Gasteiger partial charge in [-0.2, -0.15) is 0 Å². The summed E-state index contributed by atoms with van der Waals surface area (Å²) in [6.07, 6.45) is 6.02. The summed E-state index contributed by atoms with van der Waals surface area (Å²) in [6, 6.07) is 6.33. The van der Waals surface area contributed by atoms with Crippen LogP contribution in [0.25, 0.3) is 0 Å². The fourth-order valence-corrected chi connectivity index (χ4v) is 3.41. The number of ether oxygens (including phenoxy) is 1. The summed E-state index contributed by atoms with van der Waals surface area (Å²) in [5.74, 6) is 1.02. The fraction of sp³-hybridized carbons (Fsp3) is 0.571. The maximum atomic E-state index is 6.27. The molecule has 0 saturated heterocycles. The highest BCUT2D eigenvalue weighted by molar-refractivity contribution is 6.30. The van der Waals surface area contributed by atoms with Crippen LogP contribution in [0.2, 0.25) is 5.02 Å². The molecule has 0 radical (unpaired) electrons. The van der Waals surface area contributed by atoms with E-state index in [9.17, 15) is 0 Å². The third kappa shape index (κ3) is 1.94. The van der Waals surface area contributed by atoms with E-state index in [2.05, 4.69) is 5.32 Å². The molecule has 1 atom stereocenters. The molecule has 1 aromatic rings. The van der Waals surface area contributed by atoms with Crippen molar-refractivity contribution in [2.75, 3.05) is 7.05 Å². The largest absolute Gasteiger partial charge is 0.487 e. The first-order valence-electron chi connectivity index (χ1n) is 6.38. The van der Waals surface area contributed by atoms with E-state index >= 15 is 0 Å². The highest BCUT2D eigenvalue weighted by Crippen LogP contribution is 2.47. The van der Waals surface area contributed by atoms with Crippen molar-refractivity contribution in [1.29, 1.82) is 0 Å². The van der Waals surface area contributed by atoms with Crippen LogP contribution in [0, 0.1) is 0 Å². The molecule has 0 bridgehead atoms. The molecule has 2 nitrogen and oxygen atoms in total. The molecule has 1 saturated carbocycles. The molecule has 1 N–H and O–H groups in total. The minimum Gasteiger partial charge on any atom is -0.487 e. The molecule has 1 aromatic carbocycles. The van der Waals surface area contributed by atoms with Gasteiger partial charge in [-0.1, -0.05) is 11.6 Å². The van der Waals surface area contributed by atoms with Crippen LogP contribution in [-0.2, 0) is 0 Å². The van der Waals surface area contributed by atoms with E-state index in [0.29, 0.717) is 6.04 Å². The Kier molecular flexibility index (Phi) is 2.80. The van der Waals surface area contributed by atoms with Gasteiger partial charge in [0.15, 0.2) is 0 Å². The molecule has 92 valence electrons. The lowest BCUT2D eigenvalue weighted by Crippen LogP contribution is -2.41. The van der Waals surface area contributed by atoms with Crippen molar-refractivity contribution in [2.45, 2.75) is 43.7 Å². The predicted octanol–water partition coefficient (Wildman–Crippen LogP) is 3.70. The first kappa shape index (κ1) is 11.4.